The van der Waals surface area contributed by atoms with Crippen molar-refractivity contribution < 1.29 is 14.4 Å². The number of rotatable bonds is 8. The third-order valence-corrected chi connectivity index (χ3v) is 6.61. The van der Waals surface area contributed by atoms with E-state index in [1.54, 1.807) is 17.0 Å². The van der Waals surface area contributed by atoms with Crippen molar-refractivity contribution in [2.75, 3.05) is 25.0 Å². The van der Waals surface area contributed by atoms with E-state index in [0.717, 1.165) is 37.0 Å². The van der Waals surface area contributed by atoms with Gasteiger partial charge < -0.3 is 15.5 Å². The maximum Gasteiger partial charge on any atom is 0.286 e. The first-order valence-electron chi connectivity index (χ1n) is 11.4. The number of aromatic nitrogens is 2. The number of aryl methyl sites for hydroxylation is 1. The number of piperidine rings is 1. The van der Waals surface area contributed by atoms with E-state index in [4.69, 9.17) is 0 Å². The van der Waals surface area contributed by atoms with Crippen LogP contribution < -0.4 is 10.6 Å². The predicted molar refractivity (Wildman–Crippen MR) is 131 cm³/mol. The standard InChI is InChI=1S/C25H27N5O3S/c31-21(26-15-7-11-18-9-3-1-4-10-18)19-12-8-16-30(17-19)25(33)24-29-28-23(34-24)22(32)27-20-13-5-2-6-14-20/h1-6,9-10,13-14,19H,7-8,11-12,15-17H2,(H,26,31)(H,27,32)/t19-/m0/s1. The number of para-hydroxylation sites is 1. The molecule has 0 bridgehead atoms. The molecule has 1 atom stereocenters. The quantitative estimate of drug-likeness (QED) is 0.484. The molecule has 4 rings (SSSR count). The highest BCUT2D eigenvalue weighted by molar-refractivity contribution is 7.15. The van der Waals surface area contributed by atoms with Gasteiger partial charge in [0.05, 0.1) is 5.92 Å². The summed E-state index contributed by atoms with van der Waals surface area (Å²) in [6.07, 6.45) is 3.26. The monoisotopic (exact) mass is 477 g/mol. The summed E-state index contributed by atoms with van der Waals surface area (Å²) in [5, 5.41) is 13.8. The lowest BCUT2D eigenvalue weighted by Gasteiger charge is -2.31. The average Bonchev–Trinajstić information content (AvgIpc) is 3.38. The Morgan fingerprint density at radius 3 is 2.44 bits per heavy atom. The molecule has 2 N–H and O–H groups in total. The van der Waals surface area contributed by atoms with E-state index in [-0.39, 0.29) is 27.7 Å². The Bertz CT molecular complexity index is 1120. The molecule has 0 aliphatic carbocycles. The number of benzene rings is 2. The summed E-state index contributed by atoms with van der Waals surface area (Å²) < 4.78 is 0. The molecule has 1 saturated heterocycles. The van der Waals surface area contributed by atoms with Gasteiger partial charge in [0.2, 0.25) is 15.9 Å². The van der Waals surface area contributed by atoms with Crippen molar-refractivity contribution in [3.05, 3.63) is 76.2 Å². The number of amides is 3. The molecule has 1 aliphatic heterocycles. The fourth-order valence-corrected chi connectivity index (χ4v) is 4.62. The van der Waals surface area contributed by atoms with Crippen LogP contribution in [-0.4, -0.2) is 52.5 Å². The Morgan fingerprint density at radius 2 is 1.68 bits per heavy atom. The summed E-state index contributed by atoms with van der Waals surface area (Å²) in [4.78, 5) is 39.6. The van der Waals surface area contributed by atoms with Crippen molar-refractivity contribution >= 4 is 34.7 Å². The summed E-state index contributed by atoms with van der Waals surface area (Å²) in [5.74, 6) is -0.971. The maximum absolute atomic E-state index is 12.9. The van der Waals surface area contributed by atoms with Crippen LogP contribution in [0.25, 0.3) is 0 Å². The molecule has 0 unspecified atom stereocenters. The predicted octanol–water partition coefficient (Wildman–Crippen LogP) is 3.39. The minimum absolute atomic E-state index is 0.0225. The second-order valence-corrected chi connectivity index (χ2v) is 9.18. The molecule has 0 radical (unpaired) electrons. The van der Waals surface area contributed by atoms with E-state index in [1.165, 1.54) is 5.56 Å². The topological polar surface area (TPSA) is 104 Å². The lowest BCUT2D eigenvalue weighted by molar-refractivity contribution is -0.126. The molecule has 1 aromatic heterocycles. The molecule has 3 aromatic rings. The average molecular weight is 478 g/mol. The molecule has 2 heterocycles. The van der Waals surface area contributed by atoms with Gasteiger partial charge in [0.1, 0.15) is 0 Å². The summed E-state index contributed by atoms with van der Waals surface area (Å²) >= 11 is 0.960. The summed E-state index contributed by atoms with van der Waals surface area (Å²) in [6, 6.07) is 19.2. The number of carbonyl (C=O) groups is 3. The fourth-order valence-electron chi connectivity index (χ4n) is 3.91. The van der Waals surface area contributed by atoms with E-state index in [9.17, 15) is 14.4 Å². The number of likely N-dealkylation sites (tertiary alicyclic amines) is 1. The van der Waals surface area contributed by atoms with E-state index in [2.05, 4.69) is 33.0 Å². The zero-order valence-electron chi connectivity index (χ0n) is 18.8. The van der Waals surface area contributed by atoms with E-state index >= 15 is 0 Å². The van der Waals surface area contributed by atoms with Crippen molar-refractivity contribution in [3.8, 4) is 0 Å². The number of nitrogens with zero attached hydrogens (tertiary/aromatic N) is 3. The van der Waals surface area contributed by atoms with E-state index in [0.29, 0.717) is 25.3 Å². The highest BCUT2D eigenvalue weighted by Gasteiger charge is 2.30. The lowest BCUT2D eigenvalue weighted by Crippen LogP contribution is -2.45. The van der Waals surface area contributed by atoms with Crippen LogP contribution in [0.15, 0.2) is 60.7 Å². The minimum Gasteiger partial charge on any atom is -0.356 e. The smallest absolute Gasteiger partial charge is 0.286 e. The second-order valence-electron chi connectivity index (χ2n) is 8.20. The second kappa shape index (κ2) is 11.5. The van der Waals surface area contributed by atoms with Gasteiger partial charge in [-0.2, -0.15) is 0 Å². The summed E-state index contributed by atoms with van der Waals surface area (Å²) in [5.41, 5.74) is 1.89. The van der Waals surface area contributed by atoms with E-state index < -0.39 is 5.91 Å². The molecule has 34 heavy (non-hydrogen) atoms. The molecule has 1 aliphatic rings. The zero-order valence-corrected chi connectivity index (χ0v) is 19.6. The van der Waals surface area contributed by atoms with Gasteiger partial charge >= 0.3 is 0 Å². The highest BCUT2D eigenvalue weighted by atomic mass is 32.1. The first-order chi connectivity index (χ1) is 16.6. The van der Waals surface area contributed by atoms with Crippen LogP contribution in [0.2, 0.25) is 0 Å². The van der Waals surface area contributed by atoms with Crippen LogP contribution in [0.1, 0.15) is 44.4 Å². The first-order valence-corrected chi connectivity index (χ1v) is 12.2. The number of anilines is 1. The fraction of sp³-hybridized carbons (Fsp3) is 0.320. The Kier molecular flexibility index (Phi) is 7.98. The minimum atomic E-state index is -0.408. The van der Waals surface area contributed by atoms with Gasteiger partial charge in [0.15, 0.2) is 0 Å². The Hall–Kier alpha value is -3.59. The van der Waals surface area contributed by atoms with Crippen LogP contribution in [0.3, 0.4) is 0 Å². The molecule has 8 nitrogen and oxygen atoms in total. The van der Waals surface area contributed by atoms with E-state index in [1.807, 2.05) is 36.4 Å². The Labute approximate surface area is 202 Å². The highest BCUT2D eigenvalue weighted by Crippen LogP contribution is 2.21. The third-order valence-electron chi connectivity index (χ3n) is 5.70. The third kappa shape index (κ3) is 6.26. The zero-order chi connectivity index (χ0) is 23.8. The SMILES string of the molecule is O=C(Nc1ccccc1)c1nnc(C(=O)N2CCC[C@H](C(=O)NCCCc3ccccc3)C2)s1. The lowest BCUT2D eigenvalue weighted by atomic mass is 9.97. The van der Waals surface area contributed by atoms with Crippen molar-refractivity contribution in [1.29, 1.82) is 0 Å². The maximum atomic E-state index is 12.9. The van der Waals surface area contributed by atoms with Gasteiger partial charge in [-0.25, -0.2) is 0 Å². The molecule has 0 saturated carbocycles. The Balaban J connectivity index is 1.26. The molecule has 3 amide bonds. The Morgan fingerprint density at radius 1 is 0.971 bits per heavy atom. The van der Waals surface area contributed by atoms with Gasteiger partial charge in [-0.1, -0.05) is 59.9 Å². The van der Waals surface area contributed by atoms with Gasteiger partial charge in [0.25, 0.3) is 11.8 Å². The number of nitrogens with one attached hydrogen (secondary N) is 2. The normalized spacial score (nSPS) is 15.5. The van der Waals surface area contributed by atoms with Crippen molar-refractivity contribution in [1.82, 2.24) is 20.4 Å². The number of hydrogen-bond acceptors (Lipinski definition) is 6. The number of carbonyl (C=O) groups excluding carboxylic acids is 3. The van der Waals surface area contributed by atoms with Crippen LogP contribution in [0, 0.1) is 5.92 Å². The largest absolute Gasteiger partial charge is 0.356 e. The van der Waals surface area contributed by atoms with Crippen molar-refractivity contribution in [2.24, 2.45) is 5.92 Å². The molecular weight excluding hydrogens is 450 g/mol. The summed E-state index contributed by atoms with van der Waals surface area (Å²) in [7, 11) is 0. The summed E-state index contributed by atoms with van der Waals surface area (Å²) in [6.45, 7) is 1.50. The van der Waals surface area contributed by atoms with Gasteiger partial charge in [-0.05, 0) is 43.4 Å². The molecule has 0 spiro atoms. The molecule has 176 valence electrons. The molecule has 2 aromatic carbocycles. The van der Waals surface area contributed by atoms with Gasteiger partial charge in [-0.3, -0.25) is 14.4 Å². The van der Waals surface area contributed by atoms with Crippen LogP contribution >= 0.6 is 11.3 Å². The van der Waals surface area contributed by atoms with Crippen molar-refractivity contribution in [2.45, 2.75) is 25.7 Å². The van der Waals surface area contributed by atoms with Crippen LogP contribution in [-0.2, 0) is 11.2 Å². The van der Waals surface area contributed by atoms with Crippen LogP contribution in [0.4, 0.5) is 5.69 Å². The van der Waals surface area contributed by atoms with Gasteiger partial charge in [0, 0.05) is 25.3 Å². The number of hydrogen-bond donors (Lipinski definition) is 2. The van der Waals surface area contributed by atoms with Crippen molar-refractivity contribution in [3.63, 3.8) is 0 Å². The van der Waals surface area contributed by atoms with Crippen LogP contribution in [0.5, 0.6) is 0 Å². The molecular formula is C25H27N5O3S. The molecule has 1 fully saturated rings. The molecule has 9 heteroatoms. The van der Waals surface area contributed by atoms with Gasteiger partial charge in [-0.15, -0.1) is 10.2 Å². The first kappa shape index (κ1) is 23.6.